The first-order valence-electron chi connectivity index (χ1n) is 7.36. The maximum absolute atomic E-state index is 12.6. The van der Waals surface area contributed by atoms with Gasteiger partial charge in [0, 0.05) is 22.7 Å². The molecule has 1 amide bonds. The third-order valence-corrected chi connectivity index (χ3v) is 6.18. The summed E-state index contributed by atoms with van der Waals surface area (Å²) in [5.41, 5.74) is 2.23. The van der Waals surface area contributed by atoms with E-state index in [2.05, 4.69) is 37.2 Å². The number of thiophene rings is 1. The molecule has 0 spiro atoms. The van der Waals surface area contributed by atoms with Gasteiger partial charge < -0.3 is 4.90 Å². The summed E-state index contributed by atoms with van der Waals surface area (Å²) in [5.74, 6) is 0.626. The predicted molar refractivity (Wildman–Crippen MR) is 88.1 cm³/mol. The largest absolute Gasteiger partial charge is 0.335 e. The Bertz CT molecular complexity index is 644. The van der Waals surface area contributed by atoms with Crippen LogP contribution in [0.25, 0.3) is 0 Å². The third kappa shape index (κ3) is 2.90. The van der Waals surface area contributed by atoms with Gasteiger partial charge in [-0.3, -0.25) is 4.79 Å². The summed E-state index contributed by atoms with van der Waals surface area (Å²) in [6, 6.07) is 2.35. The van der Waals surface area contributed by atoms with E-state index in [1.807, 2.05) is 10.3 Å². The molecular formula is C16H20N2OS2. The average molecular weight is 320 g/mol. The van der Waals surface area contributed by atoms with Gasteiger partial charge in [-0.05, 0) is 30.4 Å². The van der Waals surface area contributed by atoms with Crippen LogP contribution in [0, 0.1) is 0 Å². The highest BCUT2D eigenvalue weighted by Crippen LogP contribution is 2.33. The minimum atomic E-state index is 0.190. The van der Waals surface area contributed by atoms with Gasteiger partial charge in [0.25, 0.3) is 0 Å². The second kappa shape index (κ2) is 5.89. The van der Waals surface area contributed by atoms with Gasteiger partial charge in [0.05, 0.1) is 23.2 Å². The molecule has 3 nitrogen and oxygen atoms in total. The molecule has 112 valence electrons. The molecule has 0 N–H and O–H groups in total. The Morgan fingerprint density at radius 3 is 3.00 bits per heavy atom. The molecule has 0 saturated heterocycles. The minimum Gasteiger partial charge on any atom is -0.335 e. The molecule has 0 aliphatic carbocycles. The van der Waals surface area contributed by atoms with Crippen molar-refractivity contribution in [2.24, 2.45) is 0 Å². The number of fused-ring (bicyclic) bond motifs is 1. The van der Waals surface area contributed by atoms with E-state index in [4.69, 9.17) is 0 Å². The summed E-state index contributed by atoms with van der Waals surface area (Å²) >= 11 is 3.46. The molecule has 5 heteroatoms. The Morgan fingerprint density at radius 2 is 2.29 bits per heavy atom. The van der Waals surface area contributed by atoms with E-state index < -0.39 is 0 Å². The van der Waals surface area contributed by atoms with Gasteiger partial charge >= 0.3 is 0 Å². The van der Waals surface area contributed by atoms with E-state index in [0.29, 0.717) is 12.3 Å². The molecule has 1 atom stereocenters. The first-order valence-corrected chi connectivity index (χ1v) is 9.12. The molecule has 0 saturated carbocycles. The molecule has 1 aliphatic rings. The Kier molecular flexibility index (Phi) is 4.13. The number of carbonyl (C=O) groups excluding carboxylic acids is 1. The number of nitrogens with zero attached hydrogens (tertiary/aromatic N) is 2. The SMILES string of the molecule is CC(C)c1nc(CC(=O)N2CCc3sccc3C2C)cs1. The van der Waals surface area contributed by atoms with Crippen molar-refractivity contribution < 1.29 is 4.79 Å². The van der Waals surface area contributed by atoms with Crippen LogP contribution >= 0.6 is 22.7 Å². The standard InChI is InChI=1S/C16H20N2OS2/c1-10(2)16-17-12(9-21-16)8-15(19)18-6-4-14-13(11(18)3)5-7-20-14/h5,7,9-11H,4,6,8H2,1-3H3. The van der Waals surface area contributed by atoms with Crippen molar-refractivity contribution in [2.75, 3.05) is 6.54 Å². The molecule has 0 fully saturated rings. The van der Waals surface area contributed by atoms with E-state index >= 15 is 0 Å². The van der Waals surface area contributed by atoms with Crippen LogP contribution in [0.15, 0.2) is 16.8 Å². The highest BCUT2D eigenvalue weighted by atomic mass is 32.1. The van der Waals surface area contributed by atoms with Gasteiger partial charge in [0.1, 0.15) is 0 Å². The highest BCUT2D eigenvalue weighted by Gasteiger charge is 2.28. The quantitative estimate of drug-likeness (QED) is 0.856. The van der Waals surface area contributed by atoms with Crippen LogP contribution in [0.5, 0.6) is 0 Å². The first kappa shape index (κ1) is 14.7. The summed E-state index contributed by atoms with van der Waals surface area (Å²) in [6.45, 7) is 7.22. The molecule has 2 aromatic rings. The predicted octanol–water partition coefficient (Wildman–Crippen LogP) is 4.02. The van der Waals surface area contributed by atoms with E-state index in [0.717, 1.165) is 23.7 Å². The summed E-state index contributed by atoms with van der Waals surface area (Å²) in [7, 11) is 0. The molecule has 1 unspecified atom stereocenters. The van der Waals surface area contributed by atoms with Crippen molar-refractivity contribution in [3.8, 4) is 0 Å². The molecule has 3 rings (SSSR count). The van der Waals surface area contributed by atoms with E-state index in [9.17, 15) is 4.79 Å². The zero-order chi connectivity index (χ0) is 15.0. The zero-order valence-electron chi connectivity index (χ0n) is 12.6. The second-order valence-electron chi connectivity index (χ2n) is 5.82. The Hall–Kier alpha value is -1.20. The maximum atomic E-state index is 12.6. The van der Waals surface area contributed by atoms with Crippen molar-refractivity contribution in [2.45, 2.75) is 45.6 Å². The number of hydrogen-bond acceptors (Lipinski definition) is 4. The van der Waals surface area contributed by atoms with Crippen molar-refractivity contribution in [1.29, 1.82) is 0 Å². The lowest BCUT2D eigenvalue weighted by Crippen LogP contribution is -2.39. The fourth-order valence-corrected chi connectivity index (χ4v) is 4.57. The van der Waals surface area contributed by atoms with E-state index in [-0.39, 0.29) is 11.9 Å². The van der Waals surface area contributed by atoms with Crippen molar-refractivity contribution in [3.05, 3.63) is 38.0 Å². The summed E-state index contributed by atoms with van der Waals surface area (Å²) in [5, 5.41) is 5.27. The Balaban J connectivity index is 1.71. The molecule has 3 heterocycles. The zero-order valence-corrected chi connectivity index (χ0v) is 14.3. The number of aromatic nitrogens is 1. The lowest BCUT2D eigenvalue weighted by molar-refractivity contribution is -0.133. The summed E-state index contributed by atoms with van der Waals surface area (Å²) < 4.78 is 0. The second-order valence-corrected chi connectivity index (χ2v) is 7.71. The van der Waals surface area contributed by atoms with Gasteiger partial charge in [0.2, 0.25) is 5.91 Å². The lowest BCUT2D eigenvalue weighted by Gasteiger charge is -2.33. The van der Waals surface area contributed by atoms with Gasteiger partial charge in [-0.15, -0.1) is 22.7 Å². The Labute approximate surface area is 133 Å². The van der Waals surface area contributed by atoms with Gasteiger partial charge in [-0.1, -0.05) is 13.8 Å². The third-order valence-electron chi connectivity index (χ3n) is 3.99. The fourth-order valence-electron chi connectivity index (χ4n) is 2.78. The Morgan fingerprint density at radius 1 is 1.48 bits per heavy atom. The van der Waals surface area contributed by atoms with Gasteiger partial charge in [0.15, 0.2) is 0 Å². The van der Waals surface area contributed by atoms with Crippen LogP contribution in [0.1, 0.15) is 53.9 Å². The number of thiazole rings is 1. The van der Waals surface area contributed by atoms with Crippen molar-refractivity contribution >= 4 is 28.6 Å². The smallest absolute Gasteiger partial charge is 0.229 e. The molecule has 0 radical (unpaired) electrons. The maximum Gasteiger partial charge on any atom is 0.229 e. The molecular weight excluding hydrogens is 300 g/mol. The monoisotopic (exact) mass is 320 g/mol. The molecule has 2 aromatic heterocycles. The number of amides is 1. The summed E-state index contributed by atoms with van der Waals surface area (Å²) in [6.07, 6.45) is 1.41. The van der Waals surface area contributed by atoms with E-state index in [1.54, 1.807) is 22.7 Å². The van der Waals surface area contributed by atoms with Crippen LogP contribution in [-0.4, -0.2) is 22.3 Å². The van der Waals surface area contributed by atoms with Crippen molar-refractivity contribution in [3.63, 3.8) is 0 Å². The van der Waals surface area contributed by atoms with Crippen molar-refractivity contribution in [1.82, 2.24) is 9.88 Å². The van der Waals surface area contributed by atoms with Crippen LogP contribution in [0.2, 0.25) is 0 Å². The number of carbonyl (C=O) groups is 1. The van der Waals surface area contributed by atoms with Gasteiger partial charge in [-0.2, -0.15) is 0 Å². The number of rotatable bonds is 3. The van der Waals surface area contributed by atoms with Crippen LogP contribution in [0.3, 0.4) is 0 Å². The van der Waals surface area contributed by atoms with Crippen LogP contribution < -0.4 is 0 Å². The molecule has 0 aromatic carbocycles. The van der Waals surface area contributed by atoms with Crippen LogP contribution in [0.4, 0.5) is 0 Å². The molecule has 21 heavy (non-hydrogen) atoms. The summed E-state index contributed by atoms with van der Waals surface area (Å²) in [4.78, 5) is 20.6. The molecule has 1 aliphatic heterocycles. The average Bonchev–Trinajstić information content (AvgIpc) is 3.07. The lowest BCUT2D eigenvalue weighted by atomic mass is 10.0. The molecule has 0 bridgehead atoms. The van der Waals surface area contributed by atoms with E-state index in [1.165, 1.54) is 10.4 Å². The first-order chi connectivity index (χ1) is 10.1. The number of hydrogen-bond donors (Lipinski definition) is 0. The van der Waals surface area contributed by atoms with Gasteiger partial charge in [-0.25, -0.2) is 4.98 Å². The minimum absolute atomic E-state index is 0.190. The highest BCUT2D eigenvalue weighted by molar-refractivity contribution is 7.10. The topological polar surface area (TPSA) is 33.2 Å². The fraction of sp³-hybridized carbons (Fsp3) is 0.500. The normalized spacial score (nSPS) is 18.1. The van der Waals surface area contributed by atoms with Crippen LogP contribution in [-0.2, 0) is 17.6 Å².